The summed E-state index contributed by atoms with van der Waals surface area (Å²) in [6, 6.07) is 11.7. The fourth-order valence-electron chi connectivity index (χ4n) is 2.44. The SMILES string of the molecule is COc1ccc(F)cc1C(O)c1cncc2ccccc12. The van der Waals surface area contributed by atoms with Gasteiger partial charge in [-0.15, -0.1) is 0 Å². The van der Waals surface area contributed by atoms with Gasteiger partial charge in [0, 0.05) is 28.9 Å². The molecule has 4 heteroatoms. The number of aliphatic hydroxyl groups is 1. The highest BCUT2D eigenvalue weighted by Gasteiger charge is 2.18. The van der Waals surface area contributed by atoms with Crippen molar-refractivity contribution in [1.82, 2.24) is 4.98 Å². The summed E-state index contributed by atoms with van der Waals surface area (Å²) in [5, 5.41) is 12.4. The van der Waals surface area contributed by atoms with Crippen molar-refractivity contribution in [2.45, 2.75) is 6.10 Å². The van der Waals surface area contributed by atoms with Gasteiger partial charge in [-0.3, -0.25) is 4.98 Å². The van der Waals surface area contributed by atoms with E-state index in [9.17, 15) is 9.50 Å². The number of nitrogens with zero attached hydrogens (tertiary/aromatic N) is 1. The highest BCUT2D eigenvalue weighted by atomic mass is 19.1. The quantitative estimate of drug-likeness (QED) is 0.800. The molecule has 0 aliphatic rings. The minimum Gasteiger partial charge on any atom is -0.496 e. The number of methoxy groups -OCH3 is 1. The maximum Gasteiger partial charge on any atom is 0.125 e. The Kier molecular flexibility index (Phi) is 3.54. The lowest BCUT2D eigenvalue weighted by Gasteiger charge is -2.16. The van der Waals surface area contributed by atoms with E-state index in [0.29, 0.717) is 16.9 Å². The molecular weight excluding hydrogens is 269 g/mol. The molecule has 0 radical (unpaired) electrons. The van der Waals surface area contributed by atoms with E-state index in [1.807, 2.05) is 24.3 Å². The molecule has 1 N–H and O–H groups in total. The molecule has 1 heterocycles. The van der Waals surface area contributed by atoms with Crippen LogP contribution in [-0.4, -0.2) is 17.2 Å². The molecule has 0 aliphatic carbocycles. The van der Waals surface area contributed by atoms with Crippen molar-refractivity contribution in [2.75, 3.05) is 7.11 Å². The Labute approximate surface area is 121 Å². The second kappa shape index (κ2) is 5.50. The number of hydrogen-bond acceptors (Lipinski definition) is 3. The third kappa shape index (κ3) is 2.45. The van der Waals surface area contributed by atoms with Crippen LogP contribution in [0.1, 0.15) is 17.2 Å². The predicted octanol–water partition coefficient (Wildman–Crippen LogP) is 3.46. The van der Waals surface area contributed by atoms with E-state index in [1.54, 1.807) is 12.4 Å². The Hall–Kier alpha value is -2.46. The van der Waals surface area contributed by atoms with Crippen LogP contribution >= 0.6 is 0 Å². The molecule has 3 nitrogen and oxygen atoms in total. The van der Waals surface area contributed by atoms with Gasteiger partial charge >= 0.3 is 0 Å². The summed E-state index contributed by atoms with van der Waals surface area (Å²) >= 11 is 0. The first kappa shape index (κ1) is 13.5. The number of aliphatic hydroxyl groups excluding tert-OH is 1. The minimum atomic E-state index is -1.01. The van der Waals surface area contributed by atoms with Crippen LogP contribution in [0.3, 0.4) is 0 Å². The van der Waals surface area contributed by atoms with Crippen LogP contribution in [0.2, 0.25) is 0 Å². The number of fused-ring (bicyclic) bond motifs is 1. The Bertz CT molecular complexity index is 783. The van der Waals surface area contributed by atoms with Crippen molar-refractivity contribution in [1.29, 1.82) is 0 Å². The van der Waals surface area contributed by atoms with Gasteiger partial charge in [-0.05, 0) is 23.6 Å². The molecule has 3 rings (SSSR count). The van der Waals surface area contributed by atoms with Crippen LogP contribution in [0.25, 0.3) is 10.8 Å². The molecule has 0 saturated heterocycles. The van der Waals surface area contributed by atoms with Gasteiger partial charge < -0.3 is 9.84 Å². The Morgan fingerprint density at radius 1 is 1.10 bits per heavy atom. The summed E-state index contributed by atoms with van der Waals surface area (Å²) in [5.74, 6) is 0.0230. The second-order valence-corrected chi connectivity index (χ2v) is 4.74. The van der Waals surface area contributed by atoms with E-state index < -0.39 is 11.9 Å². The van der Waals surface area contributed by atoms with Gasteiger partial charge in [-0.2, -0.15) is 0 Å². The van der Waals surface area contributed by atoms with Crippen LogP contribution in [0, 0.1) is 5.82 Å². The largest absolute Gasteiger partial charge is 0.496 e. The topological polar surface area (TPSA) is 42.4 Å². The van der Waals surface area contributed by atoms with Gasteiger partial charge in [0.2, 0.25) is 0 Å². The summed E-state index contributed by atoms with van der Waals surface area (Å²) in [7, 11) is 1.49. The number of halogens is 1. The van der Waals surface area contributed by atoms with Crippen molar-refractivity contribution in [3.05, 3.63) is 71.8 Å². The molecule has 0 spiro atoms. The van der Waals surface area contributed by atoms with E-state index in [2.05, 4.69) is 4.98 Å². The molecule has 0 aliphatic heterocycles. The van der Waals surface area contributed by atoms with Gasteiger partial charge in [0.25, 0.3) is 0 Å². The number of aromatic nitrogens is 1. The zero-order valence-electron chi connectivity index (χ0n) is 11.5. The lowest BCUT2D eigenvalue weighted by atomic mass is 9.97. The first-order chi connectivity index (χ1) is 10.2. The summed E-state index contributed by atoms with van der Waals surface area (Å²) in [6.45, 7) is 0. The lowest BCUT2D eigenvalue weighted by Crippen LogP contribution is -2.04. The molecule has 0 amide bonds. The average molecular weight is 283 g/mol. The van der Waals surface area contributed by atoms with Crippen molar-refractivity contribution in [2.24, 2.45) is 0 Å². The van der Waals surface area contributed by atoms with Crippen LogP contribution < -0.4 is 4.74 Å². The normalized spacial score (nSPS) is 12.3. The van der Waals surface area contributed by atoms with Gasteiger partial charge in [-0.1, -0.05) is 24.3 Å². The van der Waals surface area contributed by atoms with E-state index in [4.69, 9.17) is 4.74 Å². The average Bonchev–Trinajstić information content (AvgIpc) is 2.53. The van der Waals surface area contributed by atoms with E-state index in [-0.39, 0.29) is 0 Å². The third-order valence-electron chi connectivity index (χ3n) is 3.48. The van der Waals surface area contributed by atoms with Crippen LogP contribution in [0.4, 0.5) is 4.39 Å². The Balaban J connectivity index is 2.17. The molecule has 0 saturated carbocycles. The van der Waals surface area contributed by atoms with Gasteiger partial charge in [0.15, 0.2) is 0 Å². The monoisotopic (exact) mass is 283 g/mol. The van der Waals surface area contributed by atoms with Crippen molar-refractivity contribution in [3.63, 3.8) is 0 Å². The fraction of sp³-hybridized carbons (Fsp3) is 0.118. The summed E-state index contributed by atoms with van der Waals surface area (Å²) in [5.41, 5.74) is 1.01. The molecule has 0 fully saturated rings. The molecule has 1 atom stereocenters. The van der Waals surface area contributed by atoms with Crippen LogP contribution in [-0.2, 0) is 0 Å². The predicted molar refractivity (Wildman–Crippen MR) is 78.8 cm³/mol. The first-order valence-electron chi connectivity index (χ1n) is 6.55. The summed E-state index contributed by atoms with van der Waals surface area (Å²) < 4.78 is 18.7. The summed E-state index contributed by atoms with van der Waals surface area (Å²) in [4.78, 5) is 4.14. The Morgan fingerprint density at radius 3 is 2.71 bits per heavy atom. The number of benzene rings is 2. The zero-order valence-corrected chi connectivity index (χ0v) is 11.5. The Morgan fingerprint density at radius 2 is 1.90 bits per heavy atom. The van der Waals surface area contributed by atoms with Crippen molar-refractivity contribution >= 4 is 10.8 Å². The second-order valence-electron chi connectivity index (χ2n) is 4.74. The molecule has 1 unspecified atom stereocenters. The van der Waals surface area contributed by atoms with E-state index in [0.717, 1.165) is 10.8 Å². The molecule has 2 aromatic carbocycles. The van der Waals surface area contributed by atoms with E-state index in [1.165, 1.54) is 25.3 Å². The van der Waals surface area contributed by atoms with Crippen LogP contribution in [0.15, 0.2) is 54.9 Å². The molecular formula is C17H14FNO2. The molecule has 106 valence electrons. The number of pyridine rings is 1. The highest BCUT2D eigenvalue weighted by molar-refractivity contribution is 5.85. The minimum absolute atomic E-state index is 0.385. The van der Waals surface area contributed by atoms with Gasteiger partial charge in [-0.25, -0.2) is 4.39 Å². The van der Waals surface area contributed by atoms with Gasteiger partial charge in [0.1, 0.15) is 17.7 Å². The molecule has 1 aromatic heterocycles. The lowest BCUT2D eigenvalue weighted by molar-refractivity contribution is 0.215. The maximum absolute atomic E-state index is 13.5. The first-order valence-corrected chi connectivity index (χ1v) is 6.55. The van der Waals surface area contributed by atoms with Gasteiger partial charge in [0.05, 0.1) is 7.11 Å². The standard InChI is InChI=1S/C17H14FNO2/c1-21-16-7-6-12(18)8-14(16)17(20)15-10-19-9-11-4-2-3-5-13(11)15/h2-10,17,20H,1H3. The maximum atomic E-state index is 13.5. The van der Waals surface area contributed by atoms with Crippen molar-refractivity contribution in [3.8, 4) is 5.75 Å². The van der Waals surface area contributed by atoms with E-state index >= 15 is 0 Å². The summed E-state index contributed by atoms with van der Waals surface area (Å²) in [6.07, 6.45) is 2.32. The van der Waals surface area contributed by atoms with Crippen molar-refractivity contribution < 1.29 is 14.2 Å². The zero-order chi connectivity index (χ0) is 14.8. The highest BCUT2D eigenvalue weighted by Crippen LogP contribution is 2.33. The molecule has 3 aromatic rings. The number of ether oxygens (including phenoxy) is 1. The smallest absolute Gasteiger partial charge is 0.125 e. The molecule has 0 bridgehead atoms. The fourth-order valence-corrected chi connectivity index (χ4v) is 2.44. The number of rotatable bonds is 3. The van der Waals surface area contributed by atoms with Crippen LogP contribution in [0.5, 0.6) is 5.75 Å². The third-order valence-corrected chi connectivity index (χ3v) is 3.48. The molecule has 21 heavy (non-hydrogen) atoms. The number of hydrogen-bond donors (Lipinski definition) is 1.